The highest BCUT2D eigenvalue weighted by atomic mass is 35.5. The summed E-state index contributed by atoms with van der Waals surface area (Å²) in [6.45, 7) is 8.78. The number of ether oxygens (including phenoxy) is 1. The molecule has 1 saturated heterocycles. The fourth-order valence-corrected chi connectivity index (χ4v) is 5.21. The summed E-state index contributed by atoms with van der Waals surface area (Å²) >= 11 is 6.59. The number of nitrogens with one attached hydrogen (secondary N) is 1. The van der Waals surface area contributed by atoms with Gasteiger partial charge in [0.15, 0.2) is 5.82 Å². The molecule has 39 heavy (non-hydrogen) atoms. The molecule has 0 aliphatic carbocycles. The number of aliphatic hydroxyl groups is 1. The summed E-state index contributed by atoms with van der Waals surface area (Å²) < 4.78 is 41.6. The van der Waals surface area contributed by atoms with E-state index in [1.807, 2.05) is 20.8 Å². The minimum absolute atomic E-state index is 0.0811. The summed E-state index contributed by atoms with van der Waals surface area (Å²) in [7, 11) is 1.75. The van der Waals surface area contributed by atoms with Crippen molar-refractivity contribution in [1.29, 1.82) is 0 Å². The third kappa shape index (κ3) is 6.57. The van der Waals surface area contributed by atoms with Crippen LogP contribution in [-0.4, -0.2) is 77.0 Å². The molecule has 8 nitrogen and oxygen atoms in total. The van der Waals surface area contributed by atoms with Crippen LogP contribution >= 0.6 is 11.6 Å². The number of likely N-dealkylation sites (N-methyl/N-ethyl adjacent to an activating group) is 1. The molecule has 1 aliphatic heterocycles. The molecule has 1 unspecified atom stereocenters. The maximum absolute atomic E-state index is 15.2. The Hall–Kier alpha value is -2.66. The van der Waals surface area contributed by atoms with Crippen molar-refractivity contribution in [2.24, 2.45) is 5.92 Å². The standard InChI is InChI=1S/C28H36ClF2N5O3/c1-6-36-10-9-19(28(30,31)15-36)11-24-16(2)26(25-17(3)35-39-18(25)4)34-27(33-24)22-12-21(7-8-23(22)29)38-14-20(37)13-32-5/h7-8,12,19-20,32,37H,6,9-11,13-15H2,1-5H3/t19?,20-/m1/s1. The Morgan fingerprint density at radius 3 is 2.69 bits per heavy atom. The minimum Gasteiger partial charge on any atom is -0.491 e. The average Bonchev–Trinajstić information content (AvgIpc) is 3.23. The van der Waals surface area contributed by atoms with E-state index < -0.39 is 17.9 Å². The van der Waals surface area contributed by atoms with Gasteiger partial charge in [0.05, 0.1) is 28.5 Å². The number of rotatable bonds is 10. The van der Waals surface area contributed by atoms with Gasteiger partial charge in [-0.1, -0.05) is 23.7 Å². The lowest BCUT2D eigenvalue weighted by Crippen LogP contribution is -2.49. The Morgan fingerprint density at radius 1 is 1.28 bits per heavy atom. The van der Waals surface area contributed by atoms with Gasteiger partial charge in [-0.3, -0.25) is 4.90 Å². The van der Waals surface area contributed by atoms with E-state index in [0.717, 1.165) is 0 Å². The van der Waals surface area contributed by atoms with E-state index in [4.69, 9.17) is 30.8 Å². The monoisotopic (exact) mass is 563 g/mol. The molecule has 4 rings (SSSR count). The van der Waals surface area contributed by atoms with Gasteiger partial charge in [-0.25, -0.2) is 18.7 Å². The van der Waals surface area contributed by atoms with Gasteiger partial charge in [0.1, 0.15) is 24.2 Å². The molecule has 1 aromatic carbocycles. The number of benzene rings is 1. The molecule has 0 saturated carbocycles. The van der Waals surface area contributed by atoms with E-state index in [1.165, 1.54) is 0 Å². The zero-order valence-corrected chi connectivity index (χ0v) is 23.8. The van der Waals surface area contributed by atoms with Crippen LogP contribution in [0.3, 0.4) is 0 Å². The zero-order chi connectivity index (χ0) is 28.3. The van der Waals surface area contributed by atoms with Crippen LogP contribution in [-0.2, 0) is 6.42 Å². The maximum atomic E-state index is 15.2. The third-order valence-electron chi connectivity index (χ3n) is 7.29. The predicted octanol–water partition coefficient (Wildman–Crippen LogP) is 4.86. The van der Waals surface area contributed by atoms with Gasteiger partial charge in [0, 0.05) is 23.7 Å². The summed E-state index contributed by atoms with van der Waals surface area (Å²) in [6, 6.07) is 5.07. The molecule has 11 heteroatoms. The van der Waals surface area contributed by atoms with Crippen LogP contribution in [0.4, 0.5) is 8.78 Å². The summed E-state index contributed by atoms with van der Waals surface area (Å²) in [4.78, 5) is 11.4. The van der Waals surface area contributed by atoms with E-state index in [0.29, 0.717) is 82.2 Å². The second-order valence-corrected chi connectivity index (χ2v) is 10.6. The lowest BCUT2D eigenvalue weighted by Gasteiger charge is -2.38. The molecule has 3 heterocycles. The Morgan fingerprint density at radius 2 is 2.05 bits per heavy atom. The first-order chi connectivity index (χ1) is 18.5. The van der Waals surface area contributed by atoms with Gasteiger partial charge >= 0.3 is 0 Å². The van der Waals surface area contributed by atoms with Crippen LogP contribution in [0.15, 0.2) is 22.7 Å². The highest BCUT2D eigenvalue weighted by Crippen LogP contribution is 2.39. The van der Waals surface area contributed by atoms with Crippen molar-refractivity contribution in [3.05, 3.63) is 45.9 Å². The van der Waals surface area contributed by atoms with E-state index in [2.05, 4.69) is 10.5 Å². The number of aliphatic hydroxyl groups excluding tert-OH is 1. The van der Waals surface area contributed by atoms with E-state index in [9.17, 15) is 5.11 Å². The molecule has 1 fully saturated rings. The van der Waals surface area contributed by atoms with Crippen molar-refractivity contribution >= 4 is 11.6 Å². The number of nitrogens with zero attached hydrogens (tertiary/aromatic N) is 4. The fraction of sp³-hybridized carbons (Fsp3) is 0.536. The average molecular weight is 564 g/mol. The third-order valence-corrected chi connectivity index (χ3v) is 7.62. The largest absolute Gasteiger partial charge is 0.491 e. The van der Waals surface area contributed by atoms with Gasteiger partial charge < -0.3 is 19.7 Å². The lowest BCUT2D eigenvalue weighted by atomic mass is 9.87. The van der Waals surface area contributed by atoms with Crippen LogP contribution < -0.4 is 10.1 Å². The van der Waals surface area contributed by atoms with Crippen LogP contribution in [0.2, 0.25) is 5.02 Å². The van der Waals surface area contributed by atoms with Crippen molar-refractivity contribution in [3.63, 3.8) is 0 Å². The van der Waals surface area contributed by atoms with Gasteiger partial charge in [-0.2, -0.15) is 0 Å². The second kappa shape index (κ2) is 12.2. The number of aryl methyl sites for hydroxylation is 2. The topological polar surface area (TPSA) is 96.5 Å². The molecule has 2 N–H and O–H groups in total. The SMILES string of the molecule is CCN1CCC(Cc2nc(-c3cc(OC[C@H](O)CNC)ccc3Cl)nc(-c3c(C)noc3C)c2C)C(F)(F)C1. The number of aromatic nitrogens is 3. The molecule has 0 amide bonds. The summed E-state index contributed by atoms with van der Waals surface area (Å²) in [5.74, 6) is -2.33. The summed E-state index contributed by atoms with van der Waals surface area (Å²) in [6.07, 6.45) is -0.214. The van der Waals surface area contributed by atoms with Crippen molar-refractivity contribution in [2.45, 2.75) is 52.6 Å². The zero-order valence-electron chi connectivity index (χ0n) is 23.0. The van der Waals surface area contributed by atoms with Gasteiger partial charge in [0.25, 0.3) is 5.92 Å². The van der Waals surface area contributed by atoms with Crippen LogP contribution in [0.1, 0.15) is 36.1 Å². The fourth-order valence-electron chi connectivity index (χ4n) is 5.01. The molecule has 0 radical (unpaired) electrons. The first-order valence-corrected chi connectivity index (χ1v) is 13.6. The van der Waals surface area contributed by atoms with Crippen LogP contribution in [0.25, 0.3) is 22.6 Å². The van der Waals surface area contributed by atoms with Crippen molar-refractivity contribution < 1.29 is 23.1 Å². The predicted molar refractivity (Wildman–Crippen MR) is 146 cm³/mol. The number of piperidine rings is 1. The molecular formula is C28H36ClF2N5O3. The number of likely N-dealkylation sites (tertiary alicyclic amines) is 1. The van der Waals surface area contributed by atoms with E-state index >= 15 is 8.78 Å². The molecule has 0 spiro atoms. The van der Waals surface area contributed by atoms with Crippen LogP contribution in [0.5, 0.6) is 5.75 Å². The number of hydrogen-bond acceptors (Lipinski definition) is 8. The first kappa shape index (κ1) is 29.3. The number of alkyl halides is 2. The summed E-state index contributed by atoms with van der Waals surface area (Å²) in [5.41, 5.74) is 3.68. The Balaban J connectivity index is 1.77. The maximum Gasteiger partial charge on any atom is 0.263 e. The Labute approximate surface area is 232 Å². The van der Waals surface area contributed by atoms with Gasteiger partial charge in [-0.15, -0.1) is 0 Å². The quantitative estimate of drug-likeness (QED) is 0.361. The number of hydrogen-bond donors (Lipinski definition) is 2. The highest BCUT2D eigenvalue weighted by Gasteiger charge is 2.44. The van der Waals surface area contributed by atoms with Gasteiger partial charge in [0.2, 0.25) is 0 Å². The van der Waals surface area contributed by atoms with Crippen molar-refractivity contribution in [1.82, 2.24) is 25.3 Å². The van der Waals surface area contributed by atoms with Crippen molar-refractivity contribution in [2.75, 3.05) is 39.8 Å². The molecule has 2 atom stereocenters. The first-order valence-electron chi connectivity index (χ1n) is 13.2. The minimum atomic E-state index is -2.84. The van der Waals surface area contributed by atoms with Crippen LogP contribution in [0, 0.1) is 26.7 Å². The molecule has 1 aliphatic rings. The van der Waals surface area contributed by atoms with Gasteiger partial charge in [-0.05, 0) is 77.5 Å². The second-order valence-electron chi connectivity index (χ2n) is 10.2. The smallest absolute Gasteiger partial charge is 0.263 e. The Kier molecular flexibility index (Phi) is 9.21. The summed E-state index contributed by atoms with van der Waals surface area (Å²) in [5, 5.41) is 17.4. The molecular weight excluding hydrogens is 528 g/mol. The Bertz CT molecular complexity index is 1280. The molecule has 3 aromatic rings. The molecule has 2 aromatic heterocycles. The van der Waals surface area contributed by atoms with E-state index in [-0.39, 0.29) is 19.6 Å². The molecule has 0 bridgehead atoms. The molecule has 212 valence electrons. The van der Waals surface area contributed by atoms with E-state index in [1.54, 1.807) is 37.1 Å². The lowest BCUT2D eigenvalue weighted by molar-refractivity contribution is -0.109. The highest BCUT2D eigenvalue weighted by molar-refractivity contribution is 6.33. The normalized spacial score (nSPS) is 18.3. The van der Waals surface area contributed by atoms with Crippen molar-refractivity contribution in [3.8, 4) is 28.4 Å². The number of halogens is 3.